The average Bonchev–Trinajstić information content (AvgIpc) is 2.63. The second kappa shape index (κ2) is 9.76. The SMILES string of the molecule is CCOC(=O)C(=CNc1cccc(N2CCN(C)CC2)n1)C(=O)OCC. The Balaban J connectivity index is 2.12. The number of nitrogens with zero attached hydrogens (tertiary/aromatic N) is 3. The van der Waals surface area contributed by atoms with E-state index in [0.29, 0.717) is 5.82 Å². The molecule has 2 heterocycles. The number of hydrogen-bond donors (Lipinski definition) is 1. The second-order valence-electron chi connectivity index (χ2n) is 5.81. The van der Waals surface area contributed by atoms with Gasteiger partial charge in [0.25, 0.3) is 0 Å². The predicted molar refractivity (Wildman–Crippen MR) is 98.9 cm³/mol. The van der Waals surface area contributed by atoms with Crippen LogP contribution in [-0.2, 0) is 19.1 Å². The third-order valence-corrected chi connectivity index (χ3v) is 3.92. The number of carbonyl (C=O) groups is 2. The van der Waals surface area contributed by atoms with Gasteiger partial charge in [0.15, 0.2) is 5.57 Å². The number of esters is 2. The molecule has 0 unspecified atom stereocenters. The van der Waals surface area contributed by atoms with Gasteiger partial charge in [-0.25, -0.2) is 14.6 Å². The smallest absolute Gasteiger partial charge is 0.347 e. The van der Waals surface area contributed by atoms with Crippen LogP contribution in [0.5, 0.6) is 0 Å². The van der Waals surface area contributed by atoms with Crippen LogP contribution in [0, 0.1) is 0 Å². The average molecular weight is 362 g/mol. The Bertz CT molecular complexity index is 634. The Hall–Kier alpha value is -2.61. The first kappa shape index (κ1) is 19.7. The van der Waals surface area contributed by atoms with Gasteiger partial charge in [0.1, 0.15) is 11.6 Å². The number of piperazine rings is 1. The van der Waals surface area contributed by atoms with E-state index in [1.54, 1.807) is 19.9 Å². The molecule has 0 aliphatic carbocycles. The van der Waals surface area contributed by atoms with Crippen LogP contribution in [0.4, 0.5) is 11.6 Å². The summed E-state index contributed by atoms with van der Waals surface area (Å²) in [5, 5.41) is 2.90. The van der Waals surface area contributed by atoms with Gasteiger partial charge in [-0.15, -0.1) is 0 Å². The van der Waals surface area contributed by atoms with Crippen molar-refractivity contribution >= 4 is 23.6 Å². The number of nitrogens with one attached hydrogen (secondary N) is 1. The fraction of sp³-hybridized carbons (Fsp3) is 0.500. The van der Waals surface area contributed by atoms with Crippen molar-refractivity contribution in [2.75, 3.05) is 56.7 Å². The fourth-order valence-corrected chi connectivity index (χ4v) is 2.48. The van der Waals surface area contributed by atoms with Crippen LogP contribution in [0.2, 0.25) is 0 Å². The lowest BCUT2D eigenvalue weighted by Crippen LogP contribution is -2.44. The van der Waals surface area contributed by atoms with E-state index < -0.39 is 11.9 Å². The Labute approximate surface area is 153 Å². The number of likely N-dealkylation sites (N-methyl/N-ethyl adjacent to an activating group) is 1. The minimum Gasteiger partial charge on any atom is -0.462 e. The van der Waals surface area contributed by atoms with Gasteiger partial charge >= 0.3 is 11.9 Å². The largest absolute Gasteiger partial charge is 0.462 e. The Morgan fingerprint density at radius 3 is 2.31 bits per heavy atom. The minimum atomic E-state index is -0.728. The van der Waals surface area contributed by atoms with Crippen LogP contribution in [0.1, 0.15) is 13.8 Å². The van der Waals surface area contributed by atoms with E-state index in [1.807, 2.05) is 12.1 Å². The summed E-state index contributed by atoms with van der Waals surface area (Å²) in [7, 11) is 2.10. The highest BCUT2D eigenvalue weighted by molar-refractivity contribution is 6.14. The third kappa shape index (κ3) is 5.45. The molecule has 1 saturated heterocycles. The number of hydrogen-bond acceptors (Lipinski definition) is 8. The van der Waals surface area contributed by atoms with E-state index in [-0.39, 0.29) is 18.8 Å². The quantitative estimate of drug-likeness (QED) is 0.336. The van der Waals surface area contributed by atoms with Gasteiger partial charge in [-0.3, -0.25) is 0 Å². The summed E-state index contributed by atoms with van der Waals surface area (Å²) in [6.07, 6.45) is 1.28. The molecule has 8 nitrogen and oxygen atoms in total. The van der Waals surface area contributed by atoms with Gasteiger partial charge in [-0.05, 0) is 33.0 Å². The number of rotatable bonds is 7. The van der Waals surface area contributed by atoms with Crippen LogP contribution < -0.4 is 10.2 Å². The van der Waals surface area contributed by atoms with E-state index in [2.05, 4.69) is 27.1 Å². The minimum absolute atomic E-state index is 0.173. The molecular weight excluding hydrogens is 336 g/mol. The number of pyridine rings is 1. The summed E-state index contributed by atoms with van der Waals surface area (Å²) in [4.78, 5) is 32.9. The molecule has 0 spiro atoms. The molecule has 2 rings (SSSR count). The number of ether oxygens (including phenoxy) is 2. The predicted octanol–water partition coefficient (Wildman–Crippen LogP) is 1.26. The normalized spacial score (nSPS) is 14.5. The number of aromatic nitrogens is 1. The van der Waals surface area contributed by atoms with Gasteiger partial charge in [-0.2, -0.15) is 0 Å². The molecule has 0 radical (unpaired) electrons. The summed E-state index contributed by atoms with van der Waals surface area (Å²) in [5.41, 5.74) is -0.194. The molecule has 142 valence electrons. The Morgan fingerprint density at radius 1 is 1.12 bits per heavy atom. The van der Waals surface area contributed by atoms with E-state index in [1.165, 1.54) is 6.20 Å². The fourth-order valence-electron chi connectivity index (χ4n) is 2.48. The molecular formula is C18H26N4O4. The lowest BCUT2D eigenvalue weighted by Gasteiger charge is -2.33. The summed E-state index contributed by atoms with van der Waals surface area (Å²) < 4.78 is 9.82. The lowest BCUT2D eigenvalue weighted by atomic mass is 10.3. The zero-order valence-corrected chi connectivity index (χ0v) is 15.5. The van der Waals surface area contributed by atoms with Gasteiger partial charge in [0, 0.05) is 32.4 Å². The molecule has 0 amide bonds. The highest BCUT2D eigenvalue weighted by atomic mass is 16.6. The van der Waals surface area contributed by atoms with Gasteiger partial charge in [-0.1, -0.05) is 6.07 Å². The van der Waals surface area contributed by atoms with Crippen molar-refractivity contribution in [3.05, 3.63) is 30.0 Å². The summed E-state index contributed by atoms with van der Waals surface area (Å²) >= 11 is 0. The molecule has 26 heavy (non-hydrogen) atoms. The van der Waals surface area contributed by atoms with Gasteiger partial charge in [0.05, 0.1) is 13.2 Å². The van der Waals surface area contributed by atoms with E-state index >= 15 is 0 Å². The Morgan fingerprint density at radius 2 is 1.73 bits per heavy atom. The number of anilines is 2. The highest BCUT2D eigenvalue weighted by Crippen LogP contribution is 2.16. The van der Waals surface area contributed by atoms with E-state index in [9.17, 15) is 9.59 Å². The van der Waals surface area contributed by atoms with Crippen LogP contribution in [0.3, 0.4) is 0 Å². The maximum absolute atomic E-state index is 12.0. The first-order chi connectivity index (χ1) is 12.5. The van der Waals surface area contributed by atoms with Crippen molar-refractivity contribution in [2.45, 2.75) is 13.8 Å². The third-order valence-electron chi connectivity index (χ3n) is 3.92. The summed E-state index contributed by atoms with van der Waals surface area (Å²) in [5.74, 6) is -0.0693. The maximum Gasteiger partial charge on any atom is 0.347 e. The molecule has 1 aliphatic heterocycles. The van der Waals surface area contributed by atoms with Crippen molar-refractivity contribution in [3.8, 4) is 0 Å². The monoisotopic (exact) mass is 362 g/mol. The van der Waals surface area contributed by atoms with Gasteiger partial charge in [0.2, 0.25) is 0 Å². The summed E-state index contributed by atoms with van der Waals surface area (Å²) in [6.45, 7) is 7.47. The first-order valence-corrected chi connectivity index (χ1v) is 8.76. The van der Waals surface area contributed by atoms with E-state index in [4.69, 9.17) is 9.47 Å². The maximum atomic E-state index is 12.0. The molecule has 0 atom stereocenters. The molecule has 0 aromatic carbocycles. The van der Waals surface area contributed by atoms with Crippen LogP contribution >= 0.6 is 0 Å². The van der Waals surface area contributed by atoms with Crippen LogP contribution in [0.15, 0.2) is 30.0 Å². The molecule has 0 bridgehead atoms. The first-order valence-electron chi connectivity index (χ1n) is 8.76. The van der Waals surface area contributed by atoms with Crippen LogP contribution in [-0.4, -0.2) is 68.3 Å². The molecule has 1 N–H and O–H groups in total. The summed E-state index contributed by atoms with van der Waals surface area (Å²) in [6, 6.07) is 5.59. The number of carbonyl (C=O) groups excluding carboxylic acids is 2. The van der Waals surface area contributed by atoms with E-state index in [0.717, 1.165) is 32.0 Å². The molecule has 1 aromatic heterocycles. The Kier molecular flexibility index (Phi) is 7.40. The lowest BCUT2D eigenvalue weighted by molar-refractivity contribution is -0.146. The zero-order chi connectivity index (χ0) is 18.9. The highest BCUT2D eigenvalue weighted by Gasteiger charge is 2.21. The van der Waals surface area contributed by atoms with Crippen LogP contribution in [0.25, 0.3) is 0 Å². The van der Waals surface area contributed by atoms with Crippen molar-refractivity contribution < 1.29 is 19.1 Å². The second-order valence-corrected chi connectivity index (χ2v) is 5.81. The molecule has 8 heteroatoms. The molecule has 1 fully saturated rings. The topological polar surface area (TPSA) is 84.0 Å². The molecule has 1 aliphatic rings. The van der Waals surface area contributed by atoms with Crippen molar-refractivity contribution in [2.24, 2.45) is 0 Å². The molecule has 0 saturated carbocycles. The molecule has 1 aromatic rings. The zero-order valence-electron chi connectivity index (χ0n) is 15.5. The standard InChI is InChI=1S/C18H26N4O4/c1-4-25-17(23)14(18(24)26-5-2)13-19-15-7-6-8-16(20-15)22-11-9-21(3)10-12-22/h6-8,13H,4-5,9-12H2,1-3H3,(H,19,20). The van der Waals surface area contributed by atoms with Crippen molar-refractivity contribution in [3.63, 3.8) is 0 Å². The van der Waals surface area contributed by atoms with Gasteiger partial charge < -0.3 is 24.6 Å². The van der Waals surface area contributed by atoms with Crippen molar-refractivity contribution in [1.82, 2.24) is 9.88 Å². The van der Waals surface area contributed by atoms with Crippen molar-refractivity contribution in [1.29, 1.82) is 0 Å².